The van der Waals surface area contributed by atoms with Crippen LogP contribution in [-0.2, 0) is 19.6 Å². The lowest BCUT2D eigenvalue weighted by Gasteiger charge is -2.58. The molecular weight excluding hydrogens is 313 g/mol. The second-order valence-corrected chi connectivity index (χ2v) is 7.70. The first-order valence-electron chi connectivity index (χ1n) is 8.85. The van der Waals surface area contributed by atoms with E-state index in [1.54, 1.807) is 17.0 Å². The summed E-state index contributed by atoms with van der Waals surface area (Å²) in [7, 11) is 0. The van der Waals surface area contributed by atoms with Gasteiger partial charge in [-0.2, -0.15) is 9.78 Å². The number of halogens is 1. The van der Waals surface area contributed by atoms with E-state index in [9.17, 15) is 4.39 Å². The van der Waals surface area contributed by atoms with Crippen molar-refractivity contribution in [3.63, 3.8) is 0 Å². The lowest BCUT2D eigenvalue weighted by molar-refractivity contribution is -0.558. The van der Waals surface area contributed by atoms with Crippen molar-refractivity contribution < 1.29 is 23.9 Å². The molecule has 5 nitrogen and oxygen atoms in total. The van der Waals surface area contributed by atoms with Gasteiger partial charge < -0.3 is 4.90 Å². The zero-order valence-corrected chi connectivity index (χ0v) is 13.5. The Hall–Kier alpha value is -1.21. The molecule has 4 aliphatic carbocycles. The van der Waals surface area contributed by atoms with E-state index < -0.39 is 5.79 Å². The smallest absolute Gasteiger partial charge is 0.239 e. The van der Waals surface area contributed by atoms with Gasteiger partial charge in [-0.1, -0.05) is 0 Å². The number of nitrogens with zero attached hydrogens (tertiary/aromatic N) is 1. The Labute approximate surface area is 140 Å². The second-order valence-electron chi connectivity index (χ2n) is 7.70. The molecule has 1 aromatic carbocycles. The van der Waals surface area contributed by atoms with E-state index in [2.05, 4.69) is 0 Å². The van der Waals surface area contributed by atoms with Crippen molar-refractivity contribution in [3.8, 4) is 0 Å². The average Bonchev–Trinajstić information content (AvgIpc) is 2.54. The van der Waals surface area contributed by atoms with Crippen molar-refractivity contribution in [3.05, 3.63) is 30.1 Å². The SMILES string of the molecule is Fc1ccc(N2COOC3(OOC2)C2CC4CC(C2)CC3C4)cc1. The zero-order chi connectivity index (χ0) is 16.1. The molecule has 4 bridgehead atoms. The van der Waals surface area contributed by atoms with E-state index in [0.29, 0.717) is 11.8 Å². The van der Waals surface area contributed by atoms with Gasteiger partial charge in [-0.05, 0) is 68.2 Å². The third-order valence-corrected chi connectivity index (χ3v) is 6.26. The van der Waals surface area contributed by atoms with E-state index in [-0.39, 0.29) is 19.3 Å². The molecule has 6 heteroatoms. The normalized spacial score (nSPS) is 37.5. The molecule has 24 heavy (non-hydrogen) atoms. The molecule has 1 spiro atoms. The van der Waals surface area contributed by atoms with Crippen LogP contribution in [0.5, 0.6) is 0 Å². The van der Waals surface area contributed by atoms with Gasteiger partial charge in [0.25, 0.3) is 0 Å². The fourth-order valence-electron chi connectivity index (χ4n) is 5.33. The van der Waals surface area contributed by atoms with Crippen LogP contribution in [0.4, 0.5) is 10.1 Å². The maximum absolute atomic E-state index is 13.1. The number of benzene rings is 1. The van der Waals surface area contributed by atoms with Gasteiger partial charge in [-0.25, -0.2) is 14.2 Å². The van der Waals surface area contributed by atoms with Crippen LogP contribution in [0.2, 0.25) is 0 Å². The van der Waals surface area contributed by atoms with Crippen molar-refractivity contribution in [2.24, 2.45) is 23.7 Å². The maximum atomic E-state index is 13.1. The summed E-state index contributed by atoms with van der Waals surface area (Å²) in [6.07, 6.45) is 5.93. The summed E-state index contributed by atoms with van der Waals surface area (Å²) in [6, 6.07) is 6.19. The van der Waals surface area contributed by atoms with Crippen molar-refractivity contribution in [2.45, 2.75) is 37.9 Å². The predicted molar refractivity (Wildman–Crippen MR) is 82.7 cm³/mol. The maximum Gasteiger partial charge on any atom is 0.239 e. The fraction of sp³-hybridized carbons (Fsp3) is 0.667. The van der Waals surface area contributed by atoms with E-state index in [0.717, 1.165) is 43.2 Å². The van der Waals surface area contributed by atoms with Crippen LogP contribution >= 0.6 is 0 Å². The number of anilines is 1. The summed E-state index contributed by atoms with van der Waals surface area (Å²) < 4.78 is 13.1. The summed E-state index contributed by atoms with van der Waals surface area (Å²) in [5.41, 5.74) is 0.796. The average molecular weight is 335 g/mol. The van der Waals surface area contributed by atoms with Gasteiger partial charge >= 0.3 is 0 Å². The molecule has 1 aliphatic heterocycles. The van der Waals surface area contributed by atoms with Gasteiger partial charge in [-0.15, -0.1) is 0 Å². The van der Waals surface area contributed by atoms with Crippen LogP contribution in [0, 0.1) is 29.5 Å². The topological polar surface area (TPSA) is 40.2 Å². The molecule has 5 fully saturated rings. The number of hydrogen-bond donors (Lipinski definition) is 0. The Morgan fingerprint density at radius 1 is 0.833 bits per heavy atom. The molecule has 0 radical (unpaired) electrons. The van der Waals surface area contributed by atoms with Crippen LogP contribution in [-0.4, -0.2) is 19.2 Å². The monoisotopic (exact) mass is 335 g/mol. The van der Waals surface area contributed by atoms with Crippen molar-refractivity contribution in [2.75, 3.05) is 18.4 Å². The quantitative estimate of drug-likeness (QED) is 0.733. The molecule has 5 aliphatic rings. The van der Waals surface area contributed by atoms with Gasteiger partial charge in [0.2, 0.25) is 5.79 Å². The zero-order valence-electron chi connectivity index (χ0n) is 13.5. The van der Waals surface area contributed by atoms with Gasteiger partial charge in [-0.3, -0.25) is 0 Å². The second kappa shape index (κ2) is 5.66. The molecule has 0 aromatic heterocycles. The number of hydrogen-bond acceptors (Lipinski definition) is 5. The highest BCUT2D eigenvalue weighted by atomic mass is 19.1. The summed E-state index contributed by atoms with van der Waals surface area (Å²) in [5.74, 6) is 1.31. The van der Waals surface area contributed by atoms with Crippen LogP contribution in [0.25, 0.3) is 0 Å². The van der Waals surface area contributed by atoms with Crippen LogP contribution in [0.1, 0.15) is 32.1 Å². The Morgan fingerprint density at radius 2 is 1.38 bits per heavy atom. The molecule has 0 unspecified atom stereocenters. The molecule has 4 saturated carbocycles. The molecule has 130 valence electrons. The molecule has 1 saturated heterocycles. The van der Waals surface area contributed by atoms with E-state index in [1.165, 1.54) is 18.6 Å². The Bertz CT molecular complexity index is 568. The highest BCUT2D eigenvalue weighted by molar-refractivity contribution is 5.45. The standard InChI is InChI=1S/C18H22FNO4/c19-16-1-3-17(4-2-16)20-10-21-23-18(24-22-11-20)14-6-12-5-13(8-14)9-15(18)7-12/h1-4,12-15H,5-11H2. The summed E-state index contributed by atoms with van der Waals surface area (Å²) in [4.78, 5) is 24.7. The number of rotatable bonds is 1. The first kappa shape index (κ1) is 15.1. The minimum absolute atomic E-state index is 0.225. The summed E-state index contributed by atoms with van der Waals surface area (Å²) in [6.45, 7) is 0.450. The molecule has 0 amide bonds. The van der Waals surface area contributed by atoms with Gasteiger partial charge in [0.1, 0.15) is 5.82 Å². The third kappa shape index (κ3) is 2.36. The molecule has 0 atom stereocenters. The molecular formula is C18H22FNO4. The Balaban J connectivity index is 1.31. The minimum Gasteiger partial charge on any atom is -0.320 e. The highest BCUT2D eigenvalue weighted by Gasteiger charge is 2.61. The first-order valence-corrected chi connectivity index (χ1v) is 8.85. The largest absolute Gasteiger partial charge is 0.320 e. The molecule has 1 heterocycles. The first-order chi connectivity index (χ1) is 11.7. The van der Waals surface area contributed by atoms with Crippen molar-refractivity contribution in [1.82, 2.24) is 0 Å². The third-order valence-electron chi connectivity index (χ3n) is 6.26. The fourth-order valence-corrected chi connectivity index (χ4v) is 5.33. The summed E-state index contributed by atoms with van der Waals surface area (Å²) >= 11 is 0. The predicted octanol–water partition coefficient (Wildman–Crippen LogP) is 3.61. The van der Waals surface area contributed by atoms with Crippen LogP contribution in [0.3, 0.4) is 0 Å². The Kier molecular flexibility index (Phi) is 3.56. The molecule has 0 N–H and O–H groups in total. The van der Waals surface area contributed by atoms with Gasteiger partial charge in [0.15, 0.2) is 13.5 Å². The Morgan fingerprint density at radius 3 is 1.92 bits per heavy atom. The minimum atomic E-state index is -0.748. The van der Waals surface area contributed by atoms with Crippen molar-refractivity contribution in [1.29, 1.82) is 0 Å². The lowest BCUT2D eigenvalue weighted by atomic mass is 9.53. The van der Waals surface area contributed by atoms with Gasteiger partial charge in [0.05, 0.1) is 0 Å². The molecule has 1 aromatic rings. The van der Waals surface area contributed by atoms with E-state index in [4.69, 9.17) is 19.6 Å². The van der Waals surface area contributed by atoms with E-state index in [1.807, 2.05) is 0 Å². The van der Waals surface area contributed by atoms with Crippen LogP contribution in [0.15, 0.2) is 24.3 Å². The molecule has 6 rings (SSSR count). The van der Waals surface area contributed by atoms with Crippen molar-refractivity contribution >= 4 is 5.69 Å². The van der Waals surface area contributed by atoms with Gasteiger partial charge in [0, 0.05) is 17.5 Å². The lowest BCUT2D eigenvalue weighted by Crippen LogP contribution is -2.61. The van der Waals surface area contributed by atoms with E-state index >= 15 is 0 Å². The van der Waals surface area contributed by atoms with Crippen LogP contribution < -0.4 is 4.90 Å². The summed E-state index contributed by atoms with van der Waals surface area (Å²) in [5, 5.41) is 0. The highest BCUT2D eigenvalue weighted by Crippen LogP contribution is 2.60.